The molecule has 2 aromatic rings. The van der Waals surface area contributed by atoms with Crippen LogP contribution in [0, 0.1) is 17.3 Å². The van der Waals surface area contributed by atoms with E-state index < -0.39 is 71.4 Å². The lowest BCUT2D eigenvalue weighted by Crippen LogP contribution is -2.57. The molecule has 1 aromatic carbocycles. The summed E-state index contributed by atoms with van der Waals surface area (Å²) in [4.78, 5) is 49.4. The topological polar surface area (TPSA) is 140 Å². The first-order valence-corrected chi connectivity index (χ1v) is 15.1. The Labute approximate surface area is 254 Å². The number of rotatable bonds is 3. The molecule has 2 fully saturated rings. The van der Waals surface area contributed by atoms with Crippen molar-refractivity contribution in [2.75, 3.05) is 13.7 Å². The number of alkyl carbamates (subject to hydrolysis) is 1. The summed E-state index contributed by atoms with van der Waals surface area (Å²) in [6.45, 7) is 6.80. The number of aromatic nitrogens is 2. The van der Waals surface area contributed by atoms with Crippen molar-refractivity contribution >= 4 is 29.0 Å². The van der Waals surface area contributed by atoms with Crippen LogP contribution in [0.5, 0.6) is 11.6 Å². The molecule has 2 bridgehead atoms. The van der Waals surface area contributed by atoms with Crippen molar-refractivity contribution in [3.05, 3.63) is 23.9 Å². The summed E-state index contributed by atoms with van der Waals surface area (Å²) in [5, 5.41) is 13.0. The van der Waals surface area contributed by atoms with Gasteiger partial charge < -0.3 is 29.5 Å². The van der Waals surface area contributed by atoms with Gasteiger partial charge in [0.05, 0.1) is 24.7 Å². The molecule has 3 heterocycles. The number of benzene rings is 1. The summed E-state index contributed by atoms with van der Waals surface area (Å²) in [5.74, 6) is -5.96. The van der Waals surface area contributed by atoms with Gasteiger partial charge in [-0.15, -0.1) is 0 Å². The Bertz CT molecular complexity index is 1430. The van der Waals surface area contributed by atoms with Crippen molar-refractivity contribution in [1.82, 2.24) is 20.2 Å². The average Bonchev–Trinajstić information content (AvgIpc) is 3.58. The van der Waals surface area contributed by atoms with Crippen molar-refractivity contribution in [1.29, 1.82) is 0 Å². The molecule has 0 radical (unpaired) electrons. The summed E-state index contributed by atoms with van der Waals surface area (Å²) in [5.41, 5.74) is -0.933. The molecule has 1 aromatic heterocycles. The Morgan fingerprint density at radius 3 is 2.57 bits per heavy atom. The van der Waals surface area contributed by atoms with Gasteiger partial charge in [-0.25, -0.2) is 19.6 Å². The van der Waals surface area contributed by atoms with Crippen molar-refractivity contribution in [3.63, 3.8) is 0 Å². The largest absolute Gasteiger partial charge is 0.497 e. The highest BCUT2D eigenvalue weighted by Crippen LogP contribution is 2.43. The van der Waals surface area contributed by atoms with E-state index >= 15 is 8.78 Å². The minimum Gasteiger partial charge on any atom is -0.497 e. The van der Waals surface area contributed by atoms with E-state index in [1.54, 1.807) is 45.9 Å². The maximum absolute atomic E-state index is 15.9. The summed E-state index contributed by atoms with van der Waals surface area (Å²) in [6.07, 6.45) is -0.442. The Morgan fingerprint density at radius 1 is 1.16 bits per heavy atom. The van der Waals surface area contributed by atoms with Crippen LogP contribution in [0.2, 0.25) is 0 Å². The molecule has 0 spiro atoms. The third kappa shape index (κ3) is 6.37. The first-order valence-electron chi connectivity index (χ1n) is 15.1. The minimum absolute atomic E-state index is 0.0485. The van der Waals surface area contributed by atoms with Crippen LogP contribution < -0.4 is 14.8 Å². The molecule has 2 aliphatic heterocycles. The number of hydrogen-bond donors (Lipinski definition) is 2. The number of halogens is 2. The first kappa shape index (κ1) is 31.6. The number of carbonyl (C=O) groups excluding carboxylic acids is 2. The molecule has 1 saturated carbocycles. The fourth-order valence-electron chi connectivity index (χ4n) is 6.28. The smallest absolute Gasteiger partial charge is 0.408 e. The molecular formula is C31H40F2N4O7. The fraction of sp³-hybridized carbons (Fsp3) is 0.645. The lowest BCUT2D eigenvalue weighted by molar-refractivity contribution is -0.151. The zero-order valence-electron chi connectivity index (χ0n) is 25.6. The van der Waals surface area contributed by atoms with E-state index in [4.69, 9.17) is 14.2 Å². The normalized spacial score (nSPS) is 29.3. The summed E-state index contributed by atoms with van der Waals surface area (Å²) >= 11 is 0. The predicted octanol–water partition coefficient (Wildman–Crippen LogP) is 4.90. The van der Waals surface area contributed by atoms with E-state index in [1.165, 1.54) is 7.11 Å². The molecular weight excluding hydrogens is 578 g/mol. The monoisotopic (exact) mass is 618 g/mol. The third-order valence-corrected chi connectivity index (χ3v) is 8.86. The molecule has 2 N–H and O–H groups in total. The van der Waals surface area contributed by atoms with Crippen molar-refractivity contribution < 1.29 is 42.5 Å². The number of amides is 2. The number of fused-ring (bicyclic) bond motifs is 5. The minimum atomic E-state index is -3.40. The maximum atomic E-state index is 15.9. The highest BCUT2D eigenvalue weighted by atomic mass is 19.3. The number of methoxy groups -OCH3 is 1. The Morgan fingerprint density at radius 2 is 1.91 bits per heavy atom. The maximum Gasteiger partial charge on any atom is 0.408 e. The molecule has 3 aliphatic rings. The number of nitrogens with one attached hydrogen (secondary N) is 1. The van der Waals surface area contributed by atoms with Crippen LogP contribution in [0.3, 0.4) is 0 Å². The first-order chi connectivity index (χ1) is 20.7. The van der Waals surface area contributed by atoms with E-state index in [0.717, 1.165) is 4.90 Å². The second-order valence-electron chi connectivity index (χ2n) is 13.1. The molecule has 1 unspecified atom stereocenters. The zero-order valence-corrected chi connectivity index (χ0v) is 25.6. The number of ether oxygens (including phenoxy) is 3. The van der Waals surface area contributed by atoms with Gasteiger partial charge in [0.1, 0.15) is 30.0 Å². The highest BCUT2D eigenvalue weighted by molar-refractivity contribution is 5.90. The van der Waals surface area contributed by atoms with E-state index in [0.29, 0.717) is 25.0 Å². The average molecular weight is 619 g/mol. The second-order valence-corrected chi connectivity index (χ2v) is 13.1. The molecule has 1 saturated heterocycles. The molecule has 44 heavy (non-hydrogen) atoms. The molecule has 1 aliphatic carbocycles. The van der Waals surface area contributed by atoms with Gasteiger partial charge in [-0.05, 0) is 49.1 Å². The van der Waals surface area contributed by atoms with Crippen LogP contribution in [0.1, 0.15) is 71.9 Å². The third-order valence-electron chi connectivity index (χ3n) is 8.86. The number of nitrogens with zero attached hydrogens (tertiary/aromatic N) is 3. The van der Waals surface area contributed by atoms with Crippen LogP contribution in [-0.4, -0.2) is 75.9 Å². The van der Waals surface area contributed by atoms with E-state index in [9.17, 15) is 19.5 Å². The van der Waals surface area contributed by atoms with Crippen LogP contribution in [0.25, 0.3) is 11.0 Å². The van der Waals surface area contributed by atoms with Crippen molar-refractivity contribution in [3.8, 4) is 11.6 Å². The summed E-state index contributed by atoms with van der Waals surface area (Å²) in [7, 11) is 1.47. The number of carboxylic acid groups (broad SMARTS) is 1. The number of hydrogen-bond acceptors (Lipinski definition) is 8. The zero-order chi connectivity index (χ0) is 32.0. The number of aliphatic carboxylic acids is 1. The fourth-order valence-corrected chi connectivity index (χ4v) is 6.28. The van der Waals surface area contributed by atoms with Gasteiger partial charge in [0.2, 0.25) is 11.8 Å². The Kier molecular flexibility index (Phi) is 8.60. The SMILES string of the molecule is CC[C@@H]1[C@@H]2CN(C(=O)[C@H](C(C)(C)C)NC(=O)O[C@@H]3CC3CCCCC(F)(F)c3nc4ccc(OC)cc4nc3O2)[C@@H]1C(=O)O. The van der Waals surface area contributed by atoms with E-state index in [1.807, 2.05) is 0 Å². The standard InChI is InChI=1S/C31H40F2N4O7/c1-6-18-22-15-37(23(18)28(39)40)27(38)25(30(2,3)4)36-29(41)44-21-13-16(21)9-7-8-12-31(32,33)24-26(43-22)35-20-14-17(42-5)10-11-19(20)34-24/h10-11,14,16,18,21-23,25H,6-9,12-13,15H2,1-5H3,(H,36,41)(H,39,40)/t16?,18-,21-,22+,23+,25-/m1/s1. The van der Waals surface area contributed by atoms with Gasteiger partial charge in [0, 0.05) is 18.4 Å². The van der Waals surface area contributed by atoms with Crippen molar-refractivity contribution in [2.24, 2.45) is 17.3 Å². The Balaban J connectivity index is 1.59. The molecule has 240 valence electrons. The lowest BCUT2D eigenvalue weighted by Gasteiger charge is -2.34. The summed E-state index contributed by atoms with van der Waals surface area (Å²) < 4.78 is 48.8. The molecule has 6 atom stereocenters. The summed E-state index contributed by atoms with van der Waals surface area (Å²) in [6, 6.07) is 2.27. The molecule has 2 amide bonds. The van der Waals surface area contributed by atoms with Gasteiger partial charge in [0.25, 0.3) is 5.92 Å². The quantitative estimate of drug-likeness (QED) is 0.491. The Hall–Kier alpha value is -3.77. The van der Waals surface area contributed by atoms with Gasteiger partial charge in [-0.1, -0.05) is 34.1 Å². The van der Waals surface area contributed by atoms with Crippen LogP contribution in [0.4, 0.5) is 13.6 Å². The highest BCUT2D eigenvalue weighted by Gasteiger charge is 2.52. The van der Waals surface area contributed by atoms with Crippen molar-refractivity contribution in [2.45, 2.75) is 96.4 Å². The van der Waals surface area contributed by atoms with Gasteiger partial charge >= 0.3 is 12.1 Å². The number of carbonyl (C=O) groups is 3. The van der Waals surface area contributed by atoms with Crippen LogP contribution >= 0.6 is 0 Å². The second kappa shape index (κ2) is 12.0. The van der Waals surface area contributed by atoms with E-state index in [-0.39, 0.29) is 42.4 Å². The lowest BCUT2D eigenvalue weighted by atomic mass is 9.85. The van der Waals surface area contributed by atoms with Crippen LogP contribution in [0.15, 0.2) is 18.2 Å². The predicted molar refractivity (Wildman–Crippen MR) is 155 cm³/mol. The number of carboxylic acids is 1. The van der Waals surface area contributed by atoms with Crippen LogP contribution in [-0.2, 0) is 20.2 Å². The molecule has 13 heteroatoms. The van der Waals surface area contributed by atoms with E-state index in [2.05, 4.69) is 15.3 Å². The number of alkyl halides is 2. The van der Waals surface area contributed by atoms with Gasteiger partial charge in [-0.3, -0.25) is 4.79 Å². The van der Waals surface area contributed by atoms with Gasteiger partial charge in [-0.2, -0.15) is 8.78 Å². The molecule has 11 nitrogen and oxygen atoms in total. The van der Waals surface area contributed by atoms with Gasteiger partial charge in [0.15, 0.2) is 5.69 Å². The molecule has 5 rings (SSSR count).